The molecule has 3 rings (SSSR count). The molecule has 0 radical (unpaired) electrons. The summed E-state index contributed by atoms with van der Waals surface area (Å²) in [6.07, 6.45) is 0. The molecule has 0 heterocycles. The van der Waals surface area contributed by atoms with Crippen molar-refractivity contribution in [3.63, 3.8) is 0 Å². The first kappa shape index (κ1) is 27.4. The summed E-state index contributed by atoms with van der Waals surface area (Å²) in [4.78, 5) is 27.9. The van der Waals surface area contributed by atoms with Gasteiger partial charge in [0.2, 0.25) is 21.8 Å². The Morgan fingerprint density at radius 1 is 0.917 bits per heavy atom. The van der Waals surface area contributed by atoms with Crippen molar-refractivity contribution in [1.29, 1.82) is 0 Å². The molecule has 0 aliphatic carbocycles. The summed E-state index contributed by atoms with van der Waals surface area (Å²) in [5, 5.41) is 4.61. The molecular formula is C28H35N3O4S. The van der Waals surface area contributed by atoms with Crippen LogP contribution in [0.25, 0.3) is 10.8 Å². The summed E-state index contributed by atoms with van der Waals surface area (Å²) in [6.45, 7) is 7.91. The maximum Gasteiger partial charge on any atom is 0.243 e. The van der Waals surface area contributed by atoms with E-state index < -0.39 is 22.0 Å². The molecule has 1 N–H and O–H groups in total. The third-order valence-electron chi connectivity index (χ3n) is 6.07. The van der Waals surface area contributed by atoms with Crippen LogP contribution in [0.15, 0.2) is 71.6 Å². The van der Waals surface area contributed by atoms with E-state index in [4.69, 9.17) is 0 Å². The fourth-order valence-corrected chi connectivity index (χ4v) is 5.07. The summed E-state index contributed by atoms with van der Waals surface area (Å²) < 4.78 is 27.6. The van der Waals surface area contributed by atoms with Gasteiger partial charge in [-0.15, -0.1) is 0 Å². The van der Waals surface area contributed by atoms with E-state index in [-0.39, 0.29) is 29.8 Å². The molecule has 0 aliphatic heterocycles. The van der Waals surface area contributed by atoms with Crippen LogP contribution < -0.4 is 5.32 Å². The van der Waals surface area contributed by atoms with E-state index in [1.807, 2.05) is 69.3 Å². The van der Waals surface area contributed by atoms with Gasteiger partial charge < -0.3 is 10.2 Å². The molecule has 7 nitrogen and oxygen atoms in total. The first-order valence-corrected chi connectivity index (χ1v) is 13.5. The van der Waals surface area contributed by atoms with Gasteiger partial charge in [-0.05, 0) is 48.2 Å². The van der Waals surface area contributed by atoms with Gasteiger partial charge >= 0.3 is 0 Å². The lowest BCUT2D eigenvalue weighted by atomic mass is 10.1. The first-order chi connectivity index (χ1) is 17.0. The Hall–Kier alpha value is -3.23. The van der Waals surface area contributed by atoms with Crippen LogP contribution in [0.4, 0.5) is 0 Å². The highest BCUT2D eigenvalue weighted by Crippen LogP contribution is 2.22. The van der Waals surface area contributed by atoms with Crippen LogP contribution in [0.3, 0.4) is 0 Å². The topological polar surface area (TPSA) is 86.8 Å². The molecule has 3 aromatic carbocycles. The molecule has 3 aromatic rings. The second-order valence-electron chi connectivity index (χ2n) is 9.60. The lowest BCUT2D eigenvalue weighted by Gasteiger charge is -2.30. The van der Waals surface area contributed by atoms with E-state index in [1.165, 1.54) is 11.9 Å². The molecular weight excluding hydrogens is 474 g/mol. The number of amides is 2. The molecule has 0 fully saturated rings. The summed E-state index contributed by atoms with van der Waals surface area (Å²) in [5.41, 5.74) is 1.90. The number of hydrogen-bond donors (Lipinski definition) is 1. The Morgan fingerprint density at radius 3 is 2.28 bits per heavy atom. The minimum absolute atomic E-state index is 0.115. The van der Waals surface area contributed by atoms with Crippen molar-refractivity contribution in [2.75, 3.05) is 20.1 Å². The zero-order valence-corrected chi connectivity index (χ0v) is 22.4. The minimum Gasteiger partial charge on any atom is -0.354 e. The molecule has 0 unspecified atom stereocenters. The number of nitrogens with zero attached hydrogens (tertiary/aromatic N) is 2. The standard InChI is InChI=1S/C28H35N3O4S/c1-20(2)17-29-28(33)22(4)31(18-23-10-8-9-21(3)15-23)27(32)19-30(5)36(34,35)26-14-13-24-11-6-7-12-25(24)16-26/h6-16,20,22H,17-19H2,1-5H3,(H,29,33)/t22-/m0/s1. The van der Waals surface area contributed by atoms with Crippen molar-refractivity contribution in [2.45, 2.75) is 45.2 Å². The zero-order valence-electron chi connectivity index (χ0n) is 21.6. The number of carbonyl (C=O) groups excluding carboxylic acids is 2. The monoisotopic (exact) mass is 509 g/mol. The molecule has 0 aromatic heterocycles. The molecule has 0 saturated heterocycles. The van der Waals surface area contributed by atoms with E-state index in [9.17, 15) is 18.0 Å². The smallest absolute Gasteiger partial charge is 0.243 e. The molecule has 36 heavy (non-hydrogen) atoms. The van der Waals surface area contributed by atoms with Crippen LogP contribution in [0.5, 0.6) is 0 Å². The Balaban J connectivity index is 1.83. The average molecular weight is 510 g/mol. The van der Waals surface area contributed by atoms with Crippen molar-refractivity contribution in [3.05, 3.63) is 77.9 Å². The molecule has 192 valence electrons. The van der Waals surface area contributed by atoms with E-state index in [2.05, 4.69) is 5.32 Å². The van der Waals surface area contributed by atoms with Gasteiger partial charge in [0.25, 0.3) is 0 Å². The van der Waals surface area contributed by atoms with Crippen LogP contribution in [-0.2, 0) is 26.2 Å². The normalized spacial score (nSPS) is 12.6. The van der Waals surface area contributed by atoms with Crippen molar-refractivity contribution in [1.82, 2.24) is 14.5 Å². The number of hydrogen-bond acceptors (Lipinski definition) is 4. The van der Waals surface area contributed by atoms with E-state index in [0.717, 1.165) is 26.2 Å². The van der Waals surface area contributed by atoms with Crippen molar-refractivity contribution < 1.29 is 18.0 Å². The number of likely N-dealkylation sites (N-methyl/N-ethyl adjacent to an activating group) is 1. The summed E-state index contributed by atoms with van der Waals surface area (Å²) in [5.74, 6) is -0.458. The van der Waals surface area contributed by atoms with E-state index in [0.29, 0.717) is 6.54 Å². The van der Waals surface area contributed by atoms with Crippen molar-refractivity contribution in [3.8, 4) is 0 Å². The van der Waals surface area contributed by atoms with E-state index in [1.54, 1.807) is 25.1 Å². The first-order valence-electron chi connectivity index (χ1n) is 12.1. The van der Waals surface area contributed by atoms with Crippen LogP contribution in [0.1, 0.15) is 31.9 Å². The van der Waals surface area contributed by atoms with Gasteiger partial charge in [-0.2, -0.15) is 4.31 Å². The van der Waals surface area contributed by atoms with Crippen LogP contribution in [0, 0.1) is 12.8 Å². The number of aryl methyl sites for hydroxylation is 1. The second-order valence-corrected chi connectivity index (χ2v) is 11.6. The van der Waals surface area contributed by atoms with Gasteiger partial charge in [-0.25, -0.2) is 8.42 Å². The summed E-state index contributed by atoms with van der Waals surface area (Å²) >= 11 is 0. The Morgan fingerprint density at radius 2 is 1.61 bits per heavy atom. The molecule has 0 spiro atoms. The van der Waals surface area contributed by atoms with Crippen LogP contribution in [-0.4, -0.2) is 55.6 Å². The third-order valence-corrected chi connectivity index (χ3v) is 7.87. The number of fused-ring (bicyclic) bond motifs is 1. The molecule has 2 amide bonds. The van der Waals surface area contributed by atoms with Gasteiger partial charge in [0.1, 0.15) is 6.04 Å². The maximum absolute atomic E-state index is 13.5. The number of benzene rings is 3. The van der Waals surface area contributed by atoms with Crippen molar-refractivity contribution in [2.24, 2.45) is 5.92 Å². The number of carbonyl (C=O) groups is 2. The van der Waals surface area contributed by atoms with Gasteiger partial charge in [0.05, 0.1) is 11.4 Å². The largest absolute Gasteiger partial charge is 0.354 e. The van der Waals surface area contributed by atoms with Crippen LogP contribution >= 0.6 is 0 Å². The Labute approximate surface area is 214 Å². The minimum atomic E-state index is -3.92. The van der Waals surface area contributed by atoms with Gasteiger partial charge in [0, 0.05) is 20.1 Å². The summed E-state index contributed by atoms with van der Waals surface area (Å²) in [7, 11) is -2.54. The number of sulfonamides is 1. The van der Waals surface area contributed by atoms with Gasteiger partial charge in [0.15, 0.2) is 0 Å². The molecule has 0 bridgehead atoms. The molecule has 0 aliphatic rings. The zero-order chi connectivity index (χ0) is 26.5. The predicted molar refractivity (Wildman–Crippen MR) is 143 cm³/mol. The molecule has 0 saturated carbocycles. The highest BCUT2D eigenvalue weighted by atomic mass is 32.2. The lowest BCUT2D eigenvalue weighted by molar-refractivity contribution is -0.140. The highest BCUT2D eigenvalue weighted by Gasteiger charge is 2.30. The SMILES string of the molecule is Cc1cccc(CN(C(=O)CN(C)S(=O)(=O)c2ccc3ccccc3c2)[C@@H](C)C(=O)NCC(C)C)c1. The highest BCUT2D eigenvalue weighted by molar-refractivity contribution is 7.89. The van der Waals surface area contributed by atoms with E-state index >= 15 is 0 Å². The average Bonchev–Trinajstić information content (AvgIpc) is 2.84. The van der Waals surface area contributed by atoms with Crippen molar-refractivity contribution >= 4 is 32.6 Å². The Bertz CT molecular complexity index is 1340. The number of nitrogens with one attached hydrogen (secondary N) is 1. The third kappa shape index (κ3) is 6.71. The molecule has 1 atom stereocenters. The van der Waals surface area contributed by atoms with Crippen LogP contribution in [0.2, 0.25) is 0 Å². The summed E-state index contributed by atoms with van der Waals surface area (Å²) in [6, 6.07) is 19.3. The fraction of sp³-hybridized carbons (Fsp3) is 0.357. The van der Waals surface area contributed by atoms with Gasteiger partial charge in [-0.1, -0.05) is 74.0 Å². The predicted octanol–water partition coefficient (Wildman–Crippen LogP) is 3.96. The van der Waals surface area contributed by atoms with Gasteiger partial charge in [-0.3, -0.25) is 9.59 Å². The Kier molecular flexibility index (Phi) is 8.87. The lowest BCUT2D eigenvalue weighted by Crippen LogP contribution is -2.51. The number of rotatable bonds is 10. The fourth-order valence-electron chi connectivity index (χ4n) is 3.92. The maximum atomic E-state index is 13.5. The quantitative estimate of drug-likeness (QED) is 0.448. The second kappa shape index (κ2) is 11.7. The molecule has 8 heteroatoms.